The van der Waals surface area contributed by atoms with Crippen LogP contribution in [0, 0.1) is 5.92 Å². The number of nitrogens with zero attached hydrogens (tertiary/aromatic N) is 1. The Labute approximate surface area is 127 Å². The van der Waals surface area contributed by atoms with Crippen LogP contribution in [0.3, 0.4) is 0 Å². The molecule has 0 spiro atoms. The largest absolute Gasteiger partial charge is 0.339 e. The Morgan fingerprint density at radius 1 is 1.24 bits per heavy atom. The summed E-state index contributed by atoms with van der Waals surface area (Å²) in [6, 6.07) is 11.1. The molecule has 1 aliphatic heterocycles. The fourth-order valence-electron chi connectivity index (χ4n) is 4.10. The summed E-state index contributed by atoms with van der Waals surface area (Å²) in [5.41, 5.74) is 7.47. The SMILES string of the molecule is CC1C(c2ccccc2)CCN1C(=O)C[C@@H]1CCC[C@H]1N. The molecular weight excluding hydrogens is 260 g/mol. The molecule has 1 saturated carbocycles. The number of carbonyl (C=O) groups excluding carboxylic acids is 1. The minimum atomic E-state index is 0.233. The average molecular weight is 286 g/mol. The van der Waals surface area contributed by atoms with Gasteiger partial charge in [0, 0.05) is 31.0 Å². The minimum absolute atomic E-state index is 0.233. The van der Waals surface area contributed by atoms with E-state index in [0.717, 1.165) is 25.8 Å². The molecule has 4 atom stereocenters. The lowest BCUT2D eigenvalue weighted by molar-refractivity contribution is -0.132. The highest BCUT2D eigenvalue weighted by Gasteiger charge is 2.36. The highest BCUT2D eigenvalue weighted by atomic mass is 16.2. The van der Waals surface area contributed by atoms with Crippen molar-refractivity contribution in [1.82, 2.24) is 4.90 Å². The Balaban J connectivity index is 1.63. The standard InChI is InChI=1S/C18H26N2O/c1-13-16(14-6-3-2-4-7-14)10-11-20(13)18(21)12-15-8-5-9-17(15)19/h2-4,6-7,13,15-17H,5,8-12,19H2,1H3/t13?,15-,16?,17+/m0/s1. The Morgan fingerprint density at radius 3 is 2.67 bits per heavy atom. The van der Waals surface area contributed by atoms with Gasteiger partial charge in [-0.2, -0.15) is 0 Å². The summed E-state index contributed by atoms with van der Waals surface area (Å²) in [7, 11) is 0. The average Bonchev–Trinajstić information content (AvgIpc) is 3.06. The van der Waals surface area contributed by atoms with E-state index in [1.807, 2.05) is 6.07 Å². The van der Waals surface area contributed by atoms with Gasteiger partial charge in [-0.1, -0.05) is 36.8 Å². The van der Waals surface area contributed by atoms with E-state index in [2.05, 4.69) is 36.1 Å². The maximum absolute atomic E-state index is 12.6. The molecule has 1 aliphatic carbocycles. The summed E-state index contributed by atoms with van der Waals surface area (Å²) in [5.74, 6) is 1.19. The molecule has 1 aromatic carbocycles. The number of nitrogens with two attached hydrogens (primary N) is 1. The van der Waals surface area contributed by atoms with Crippen LogP contribution in [0.5, 0.6) is 0 Å². The molecule has 1 saturated heterocycles. The second kappa shape index (κ2) is 6.18. The van der Waals surface area contributed by atoms with Crippen LogP contribution in [-0.2, 0) is 4.79 Å². The van der Waals surface area contributed by atoms with Crippen LogP contribution in [0.25, 0.3) is 0 Å². The molecule has 1 aromatic rings. The van der Waals surface area contributed by atoms with Crippen molar-refractivity contribution in [2.75, 3.05) is 6.54 Å². The second-order valence-electron chi connectivity index (χ2n) is 6.69. The number of amides is 1. The van der Waals surface area contributed by atoms with E-state index in [1.165, 1.54) is 12.0 Å². The van der Waals surface area contributed by atoms with Crippen molar-refractivity contribution >= 4 is 5.91 Å². The van der Waals surface area contributed by atoms with Gasteiger partial charge >= 0.3 is 0 Å². The summed E-state index contributed by atoms with van der Waals surface area (Å²) in [6.45, 7) is 3.08. The maximum Gasteiger partial charge on any atom is 0.223 e. The first-order valence-electron chi connectivity index (χ1n) is 8.27. The lowest BCUT2D eigenvalue weighted by Crippen LogP contribution is -2.38. The Kier molecular flexibility index (Phi) is 4.29. The summed E-state index contributed by atoms with van der Waals surface area (Å²) >= 11 is 0. The van der Waals surface area contributed by atoms with Crippen molar-refractivity contribution in [2.45, 2.75) is 57.0 Å². The molecule has 3 rings (SSSR count). The molecule has 0 aromatic heterocycles. The van der Waals surface area contributed by atoms with Gasteiger partial charge in [0.2, 0.25) is 5.91 Å². The van der Waals surface area contributed by atoms with Crippen molar-refractivity contribution in [3.8, 4) is 0 Å². The molecule has 2 fully saturated rings. The van der Waals surface area contributed by atoms with Crippen LogP contribution >= 0.6 is 0 Å². The number of rotatable bonds is 3. The third-order valence-corrected chi connectivity index (χ3v) is 5.46. The summed E-state index contributed by atoms with van der Waals surface area (Å²) in [5, 5.41) is 0. The molecule has 21 heavy (non-hydrogen) atoms. The van der Waals surface area contributed by atoms with Gasteiger partial charge in [0.25, 0.3) is 0 Å². The first-order chi connectivity index (χ1) is 10.2. The predicted octanol–water partition coefficient (Wildman–Crippen LogP) is 2.91. The highest BCUT2D eigenvalue weighted by molar-refractivity contribution is 5.77. The third-order valence-electron chi connectivity index (χ3n) is 5.46. The topological polar surface area (TPSA) is 46.3 Å². The van der Waals surface area contributed by atoms with Crippen molar-refractivity contribution in [3.63, 3.8) is 0 Å². The first kappa shape index (κ1) is 14.6. The zero-order valence-electron chi connectivity index (χ0n) is 12.9. The molecule has 2 unspecified atom stereocenters. The third kappa shape index (κ3) is 2.98. The Morgan fingerprint density at radius 2 is 2.00 bits per heavy atom. The van der Waals surface area contributed by atoms with Crippen LogP contribution in [0.4, 0.5) is 0 Å². The molecule has 1 heterocycles. The molecule has 114 valence electrons. The van der Waals surface area contributed by atoms with E-state index < -0.39 is 0 Å². The van der Waals surface area contributed by atoms with Gasteiger partial charge in [-0.25, -0.2) is 0 Å². The smallest absolute Gasteiger partial charge is 0.223 e. The van der Waals surface area contributed by atoms with Crippen molar-refractivity contribution in [2.24, 2.45) is 11.7 Å². The normalized spacial score (nSPS) is 32.6. The van der Waals surface area contributed by atoms with Crippen LogP contribution in [0.1, 0.15) is 50.5 Å². The lowest BCUT2D eigenvalue weighted by atomic mass is 9.92. The molecule has 1 amide bonds. The van der Waals surface area contributed by atoms with E-state index in [1.54, 1.807) is 0 Å². The number of benzene rings is 1. The van der Waals surface area contributed by atoms with Crippen LogP contribution < -0.4 is 5.73 Å². The van der Waals surface area contributed by atoms with Crippen LogP contribution in [-0.4, -0.2) is 29.4 Å². The molecule has 0 radical (unpaired) electrons. The van der Waals surface area contributed by atoms with Gasteiger partial charge in [0.05, 0.1) is 0 Å². The van der Waals surface area contributed by atoms with Gasteiger partial charge < -0.3 is 10.6 Å². The van der Waals surface area contributed by atoms with Gasteiger partial charge in [-0.15, -0.1) is 0 Å². The summed E-state index contributed by atoms with van der Waals surface area (Å²) in [6.07, 6.45) is 5.11. The van der Waals surface area contributed by atoms with E-state index >= 15 is 0 Å². The number of likely N-dealkylation sites (tertiary alicyclic amines) is 1. The second-order valence-corrected chi connectivity index (χ2v) is 6.69. The van der Waals surface area contributed by atoms with Gasteiger partial charge in [-0.3, -0.25) is 4.79 Å². The lowest BCUT2D eigenvalue weighted by Gasteiger charge is -2.27. The minimum Gasteiger partial charge on any atom is -0.339 e. The van der Waals surface area contributed by atoms with Gasteiger partial charge in [-0.05, 0) is 37.7 Å². The molecular formula is C18H26N2O. The van der Waals surface area contributed by atoms with Crippen molar-refractivity contribution in [3.05, 3.63) is 35.9 Å². The van der Waals surface area contributed by atoms with Gasteiger partial charge in [0.15, 0.2) is 0 Å². The zero-order chi connectivity index (χ0) is 14.8. The van der Waals surface area contributed by atoms with Crippen molar-refractivity contribution < 1.29 is 4.79 Å². The molecule has 2 aliphatic rings. The number of hydrogen-bond donors (Lipinski definition) is 1. The Bertz CT molecular complexity index is 487. The van der Waals surface area contributed by atoms with E-state index in [-0.39, 0.29) is 6.04 Å². The highest BCUT2D eigenvalue weighted by Crippen LogP contribution is 2.35. The Hall–Kier alpha value is -1.35. The van der Waals surface area contributed by atoms with E-state index in [4.69, 9.17) is 5.73 Å². The quantitative estimate of drug-likeness (QED) is 0.928. The molecule has 0 bridgehead atoms. The summed E-state index contributed by atoms with van der Waals surface area (Å²) < 4.78 is 0. The first-order valence-corrected chi connectivity index (χ1v) is 8.27. The molecule has 3 heteroatoms. The molecule has 2 N–H and O–H groups in total. The van der Waals surface area contributed by atoms with Crippen LogP contribution in [0.2, 0.25) is 0 Å². The monoisotopic (exact) mass is 286 g/mol. The predicted molar refractivity (Wildman–Crippen MR) is 84.9 cm³/mol. The van der Waals surface area contributed by atoms with Crippen molar-refractivity contribution in [1.29, 1.82) is 0 Å². The zero-order valence-corrected chi connectivity index (χ0v) is 12.9. The van der Waals surface area contributed by atoms with Crippen LogP contribution in [0.15, 0.2) is 30.3 Å². The fraction of sp³-hybridized carbons (Fsp3) is 0.611. The van der Waals surface area contributed by atoms with Gasteiger partial charge in [0.1, 0.15) is 0 Å². The maximum atomic E-state index is 12.6. The van der Waals surface area contributed by atoms with E-state index in [9.17, 15) is 4.79 Å². The summed E-state index contributed by atoms with van der Waals surface area (Å²) in [4.78, 5) is 14.7. The number of hydrogen-bond acceptors (Lipinski definition) is 2. The number of carbonyl (C=O) groups is 1. The fourth-order valence-corrected chi connectivity index (χ4v) is 4.10. The molecule has 3 nitrogen and oxygen atoms in total. The van der Waals surface area contributed by atoms with E-state index in [0.29, 0.717) is 30.2 Å².